The predicted molar refractivity (Wildman–Crippen MR) is 128 cm³/mol. The van der Waals surface area contributed by atoms with Gasteiger partial charge in [0, 0.05) is 36.1 Å². The quantitative estimate of drug-likeness (QED) is 0.204. The highest BCUT2D eigenvalue weighted by Gasteiger charge is 2.68. The molecule has 2 saturated heterocycles. The normalized spacial score (nSPS) is 27.3. The lowest BCUT2D eigenvalue weighted by atomic mass is 9.54. The molecule has 5 aliphatic rings. The van der Waals surface area contributed by atoms with E-state index in [0.717, 1.165) is 11.1 Å². The fraction of sp³-hybridized carbons (Fsp3) is 0.333. The van der Waals surface area contributed by atoms with Crippen LogP contribution < -0.4 is 9.97 Å². The highest BCUT2D eigenvalue weighted by molar-refractivity contribution is 6.10. The summed E-state index contributed by atoms with van der Waals surface area (Å²) in [4.78, 5) is 78.4. The number of amides is 4. The minimum Gasteiger partial charge on any atom is -0.356 e. The van der Waals surface area contributed by atoms with Crippen molar-refractivity contribution in [1.82, 2.24) is 9.80 Å². The van der Waals surface area contributed by atoms with E-state index in [0.29, 0.717) is 0 Å². The molecule has 2 aromatic rings. The highest BCUT2D eigenvalue weighted by Crippen LogP contribution is 2.58. The molecule has 3 aliphatic carbocycles. The average molecular weight is 554 g/mol. The standard InChI is InChI=1S/C24H20N4O4.2NO3/c29-21-17-15-1-2-16(19(17)23(31)27(21)11-13-3-7-25-8-4-13)20-18(15)22(30)28(24(20)32)12-14-5-9-26-10-6-14;2*2-1(3)4/h1-10,15-20H,11-12H2;;/q;2*-1/p+2/t15?,16?,17-,18+,19+,20-;;. The molecule has 2 aromatic heterocycles. The lowest BCUT2D eigenvalue weighted by Crippen LogP contribution is -2.50. The van der Waals surface area contributed by atoms with Gasteiger partial charge in [-0.1, -0.05) is 12.2 Å². The number of H-pyrrole nitrogens is 2. The van der Waals surface area contributed by atoms with Crippen LogP contribution >= 0.6 is 0 Å². The Labute approximate surface area is 224 Å². The molecule has 0 spiro atoms. The van der Waals surface area contributed by atoms with Crippen molar-refractivity contribution in [3.8, 4) is 0 Å². The topological polar surface area (TPSA) is 235 Å². The van der Waals surface area contributed by atoms with Gasteiger partial charge < -0.3 is 30.6 Å². The number of pyridine rings is 2. The van der Waals surface area contributed by atoms with Gasteiger partial charge in [0.25, 0.3) is 0 Å². The van der Waals surface area contributed by atoms with Crippen molar-refractivity contribution in [2.45, 2.75) is 13.1 Å². The van der Waals surface area contributed by atoms with Crippen LogP contribution in [0.4, 0.5) is 0 Å². The second kappa shape index (κ2) is 11.2. The van der Waals surface area contributed by atoms with Gasteiger partial charge in [0.15, 0.2) is 24.8 Å². The van der Waals surface area contributed by atoms with Crippen LogP contribution in [0.1, 0.15) is 11.1 Å². The van der Waals surface area contributed by atoms with E-state index in [1.807, 2.05) is 36.4 Å². The number of aromatic nitrogens is 2. The summed E-state index contributed by atoms with van der Waals surface area (Å²) in [6.07, 6.45) is 10.8. The van der Waals surface area contributed by atoms with E-state index in [1.54, 1.807) is 24.8 Å². The van der Waals surface area contributed by atoms with E-state index in [2.05, 4.69) is 9.97 Å². The number of likely N-dealkylation sites (tertiary alicyclic amines) is 2. The van der Waals surface area contributed by atoms with Crippen molar-refractivity contribution in [2.24, 2.45) is 35.5 Å². The van der Waals surface area contributed by atoms with Crippen molar-refractivity contribution in [2.75, 3.05) is 0 Å². The summed E-state index contributed by atoms with van der Waals surface area (Å²) >= 11 is 0. The summed E-state index contributed by atoms with van der Waals surface area (Å²) in [7, 11) is 0. The Morgan fingerprint density at radius 2 is 0.825 bits per heavy atom. The smallest absolute Gasteiger partial charge is 0.234 e. The first-order valence-corrected chi connectivity index (χ1v) is 11.9. The Bertz CT molecular complexity index is 1220. The van der Waals surface area contributed by atoms with Gasteiger partial charge in [0.1, 0.15) is 0 Å². The molecule has 0 aromatic carbocycles. The molecule has 2 bridgehead atoms. The minimum atomic E-state index is -1.75. The second-order valence-corrected chi connectivity index (χ2v) is 9.43. The number of allylic oxidation sites excluding steroid dienone is 2. The summed E-state index contributed by atoms with van der Waals surface area (Å²) in [6, 6.07) is 7.32. The maximum Gasteiger partial charge on any atom is 0.234 e. The van der Waals surface area contributed by atoms with E-state index in [9.17, 15) is 19.2 Å². The first kappa shape index (κ1) is 27.7. The lowest BCUT2D eigenvalue weighted by Gasteiger charge is -2.44. The molecule has 1 saturated carbocycles. The van der Waals surface area contributed by atoms with Gasteiger partial charge in [-0.15, -0.1) is 0 Å². The molecule has 2 N–H and O–H groups in total. The first-order valence-electron chi connectivity index (χ1n) is 11.9. The highest BCUT2D eigenvalue weighted by atomic mass is 16.9. The summed E-state index contributed by atoms with van der Waals surface area (Å²) in [5, 5.41) is 29.5. The third-order valence-corrected chi connectivity index (χ3v) is 7.45. The zero-order chi connectivity index (χ0) is 29.1. The van der Waals surface area contributed by atoms with E-state index in [1.165, 1.54) is 9.80 Å². The van der Waals surface area contributed by atoms with Gasteiger partial charge in [-0.2, -0.15) is 0 Å². The fourth-order valence-electron chi connectivity index (χ4n) is 6.08. The number of carbonyl (C=O) groups is 4. The fourth-order valence-corrected chi connectivity index (χ4v) is 6.08. The molecule has 2 aliphatic heterocycles. The molecule has 4 amide bonds. The SMILES string of the molecule is O=C1[C@@H]2C3C=CC([C@H]4C(=O)N(Cc5cc[nH+]cc5)C(=O)[C@@H]34)[C@@H]2C(=O)N1Cc1cc[nH+]cc1.O=[N+]([O-])[O-].O=[N+]([O-])[O-]. The van der Waals surface area contributed by atoms with Crippen LogP contribution in [0.15, 0.2) is 61.2 Å². The lowest BCUT2D eigenvalue weighted by molar-refractivity contribution is -0.403. The van der Waals surface area contributed by atoms with E-state index >= 15 is 0 Å². The van der Waals surface area contributed by atoms with E-state index < -0.39 is 45.7 Å². The molecule has 40 heavy (non-hydrogen) atoms. The molecule has 2 unspecified atom stereocenters. The molecule has 0 radical (unpaired) electrons. The van der Waals surface area contributed by atoms with Gasteiger partial charge in [0.2, 0.25) is 23.6 Å². The van der Waals surface area contributed by atoms with Crippen molar-refractivity contribution < 1.29 is 39.3 Å². The zero-order valence-corrected chi connectivity index (χ0v) is 20.5. The molecule has 3 fully saturated rings. The van der Waals surface area contributed by atoms with Gasteiger partial charge in [-0.05, 0) is 11.1 Å². The maximum atomic E-state index is 13.3. The molecule has 16 nitrogen and oxygen atoms in total. The first-order chi connectivity index (χ1) is 19.0. The van der Waals surface area contributed by atoms with Crippen LogP contribution in [0.5, 0.6) is 0 Å². The minimum absolute atomic E-state index is 0.202. The van der Waals surface area contributed by atoms with Crippen LogP contribution in [0, 0.1) is 66.2 Å². The van der Waals surface area contributed by atoms with E-state index in [-0.39, 0.29) is 36.7 Å². The number of hydrogen-bond donors (Lipinski definition) is 0. The number of imide groups is 2. The Balaban J connectivity index is 0.000000412. The molecular weight excluding hydrogens is 532 g/mol. The molecule has 208 valence electrons. The molecule has 6 atom stereocenters. The van der Waals surface area contributed by atoms with Gasteiger partial charge in [0.05, 0.1) is 46.9 Å². The van der Waals surface area contributed by atoms with Gasteiger partial charge >= 0.3 is 0 Å². The number of hydrogen-bond acceptors (Lipinski definition) is 10. The number of carbonyl (C=O) groups excluding carboxylic acids is 4. The van der Waals surface area contributed by atoms with Crippen molar-refractivity contribution in [3.05, 3.63) is 103 Å². The summed E-state index contributed by atoms with van der Waals surface area (Å²) in [6.45, 7) is 0.403. The Morgan fingerprint density at radius 1 is 0.575 bits per heavy atom. The van der Waals surface area contributed by atoms with Crippen molar-refractivity contribution in [3.63, 3.8) is 0 Å². The largest absolute Gasteiger partial charge is 0.356 e. The molecule has 16 heteroatoms. The third kappa shape index (κ3) is 5.18. The summed E-state index contributed by atoms with van der Waals surface area (Å²) < 4.78 is 0. The van der Waals surface area contributed by atoms with Crippen LogP contribution in [-0.2, 0) is 32.3 Å². The van der Waals surface area contributed by atoms with Crippen molar-refractivity contribution in [1.29, 1.82) is 0 Å². The predicted octanol–water partition coefficient (Wildman–Crippen LogP) is -0.445. The molecule has 4 heterocycles. The Morgan fingerprint density at radius 3 is 1.07 bits per heavy atom. The summed E-state index contributed by atoms with van der Waals surface area (Å²) in [5.74, 6) is -4.07. The second-order valence-electron chi connectivity index (χ2n) is 9.43. The Kier molecular flexibility index (Phi) is 7.78. The van der Waals surface area contributed by atoms with Crippen LogP contribution in [0.3, 0.4) is 0 Å². The average Bonchev–Trinajstić information content (AvgIpc) is 3.32. The number of nitrogens with one attached hydrogen (secondary N) is 2. The summed E-state index contributed by atoms with van der Waals surface area (Å²) in [5.41, 5.74) is 1.70. The number of rotatable bonds is 4. The monoisotopic (exact) mass is 554 g/mol. The van der Waals surface area contributed by atoms with Gasteiger partial charge in [-0.3, -0.25) is 29.0 Å². The molecule has 7 rings (SSSR count). The maximum absolute atomic E-state index is 13.3. The number of nitrogens with zero attached hydrogens (tertiary/aromatic N) is 4. The van der Waals surface area contributed by atoms with Crippen LogP contribution in [-0.4, -0.2) is 43.6 Å². The number of aromatic amines is 2. The molecular formula is C24H22N6O10. The van der Waals surface area contributed by atoms with Gasteiger partial charge in [-0.25, -0.2) is 9.97 Å². The third-order valence-electron chi connectivity index (χ3n) is 7.45. The van der Waals surface area contributed by atoms with Crippen LogP contribution in [0.2, 0.25) is 0 Å². The van der Waals surface area contributed by atoms with Crippen molar-refractivity contribution >= 4 is 23.6 Å². The Hall–Kier alpha value is -5.28. The zero-order valence-electron chi connectivity index (χ0n) is 20.5. The van der Waals surface area contributed by atoms with E-state index in [4.69, 9.17) is 30.6 Å². The van der Waals surface area contributed by atoms with Crippen LogP contribution in [0.25, 0.3) is 0 Å².